The molecule has 0 unspecified atom stereocenters. The third-order valence-electron chi connectivity index (χ3n) is 6.15. The van der Waals surface area contributed by atoms with E-state index >= 15 is 0 Å². The lowest BCUT2D eigenvalue weighted by Gasteiger charge is -2.40. The van der Waals surface area contributed by atoms with Crippen molar-refractivity contribution in [3.63, 3.8) is 0 Å². The first-order valence-electron chi connectivity index (χ1n) is 10.6. The lowest BCUT2D eigenvalue weighted by Crippen LogP contribution is -2.40. The monoisotopic (exact) mass is 393 g/mol. The van der Waals surface area contributed by atoms with Gasteiger partial charge in [-0.2, -0.15) is 0 Å². The van der Waals surface area contributed by atoms with Gasteiger partial charge in [0.25, 0.3) is 0 Å². The molecule has 0 N–H and O–H groups in total. The van der Waals surface area contributed by atoms with E-state index in [-0.39, 0.29) is 0 Å². The van der Waals surface area contributed by atoms with Crippen LogP contribution in [-0.2, 0) is 26.6 Å². The number of aryl methyl sites for hydroxylation is 1. The van der Waals surface area contributed by atoms with E-state index in [4.69, 9.17) is 14.2 Å². The third kappa shape index (κ3) is 4.40. The predicted molar refractivity (Wildman–Crippen MR) is 115 cm³/mol. The van der Waals surface area contributed by atoms with Gasteiger partial charge in [-0.3, -0.25) is 0 Å². The Bertz CT molecular complexity index is 821. The zero-order chi connectivity index (χ0) is 20.1. The van der Waals surface area contributed by atoms with Gasteiger partial charge in [0.2, 0.25) is 0 Å². The quantitative estimate of drug-likeness (QED) is 0.632. The van der Waals surface area contributed by atoms with Crippen LogP contribution >= 0.6 is 0 Å². The van der Waals surface area contributed by atoms with Gasteiger partial charge in [0.1, 0.15) is 5.76 Å². The molecule has 2 heterocycles. The molecule has 0 radical (unpaired) electrons. The highest BCUT2D eigenvalue weighted by Crippen LogP contribution is 2.41. The fourth-order valence-electron chi connectivity index (χ4n) is 4.47. The highest BCUT2D eigenvalue weighted by Gasteiger charge is 2.42. The predicted octanol–water partition coefficient (Wildman–Crippen LogP) is 4.81. The molecule has 0 atom stereocenters. The molecule has 154 valence electrons. The summed E-state index contributed by atoms with van der Waals surface area (Å²) in [5.41, 5.74) is 3.46. The Labute approximate surface area is 174 Å². The van der Waals surface area contributed by atoms with E-state index in [2.05, 4.69) is 47.4 Å². The highest BCUT2D eigenvalue weighted by molar-refractivity contribution is 5.59. The van der Waals surface area contributed by atoms with E-state index in [0.717, 1.165) is 55.8 Å². The SMILES string of the molecule is COC1(OC)OC(C2CCN(CCCc3ccccc3)CC2)=Cc2ccccc21. The molecule has 4 rings (SSSR count). The number of allylic oxidation sites excluding steroid dienone is 1. The molecule has 2 aromatic rings. The van der Waals surface area contributed by atoms with Gasteiger partial charge in [0, 0.05) is 20.1 Å². The number of hydrogen-bond acceptors (Lipinski definition) is 4. The Morgan fingerprint density at radius 3 is 2.38 bits per heavy atom. The van der Waals surface area contributed by atoms with Crippen LogP contribution in [0, 0.1) is 5.92 Å². The molecule has 0 saturated carbocycles. The third-order valence-corrected chi connectivity index (χ3v) is 6.15. The van der Waals surface area contributed by atoms with Crippen molar-refractivity contribution in [2.24, 2.45) is 5.92 Å². The lowest BCUT2D eigenvalue weighted by atomic mass is 9.91. The van der Waals surface area contributed by atoms with Crippen molar-refractivity contribution in [2.45, 2.75) is 31.7 Å². The van der Waals surface area contributed by atoms with Crippen LogP contribution in [-0.4, -0.2) is 38.8 Å². The number of nitrogens with zero attached hydrogens (tertiary/aromatic N) is 1. The molecule has 0 bridgehead atoms. The maximum atomic E-state index is 6.31. The van der Waals surface area contributed by atoms with Crippen molar-refractivity contribution in [1.29, 1.82) is 0 Å². The van der Waals surface area contributed by atoms with E-state index in [1.165, 1.54) is 12.0 Å². The van der Waals surface area contributed by atoms with Crippen molar-refractivity contribution >= 4 is 6.08 Å². The highest BCUT2D eigenvalue weighted by atomic mass is 16.9. The van der Waals surface area contributed by atoms with Crippen molar-refractivity contribution in [2.75, 3.05) is 33.9 Å². The van der Waals surface area contributed by atoms with Crippen LogP contribution in [0.1, 0.15) is 36.0 Å². The average molecular weight is 394 g/mol. The van der Waals surface area contributed by atoms with E-state index in [0.29, 0.717) is 5.92 Å². The molecule has 0 spiro atoms. The van der Waals surface area contributed by atoms with Gasteiger partial charge < -0.3 is 19.1 Å². The van der Waals surface area contributed by atoms with Gasteiger partial charge >= 0.3 is 5.97 Å². The minimum absolute atomic E-state index is 0.401. The minimum Gasteiger partial charge on any atom is -0.440 e. The summed E-state index contributed by atoms with van der Waals surface area (Å²) < 4.78 is 17.7. The number of benzene rings is 2. The second-order valence-electron chi connectivity index (χ2n) is 7.91. The summed E-state index contributed by atoms with van der Waals surface area (Å²) in [7, 11) is 3.27. The van der Waals surface area contributed by atoms with Crippen LogP contribution in [0.3, 0.4) is 0 Å². The van der Waals surface area contributed by atoms with Crippen LogP contribution < -0.4 is 0 Å². The number of hydrogen-bond donors (Lipinski definition) is 0. The standard InChI is InChI=1S/C25H31NO3/c1-27-25(28-2)23-13-7-6-12-22(23)19-24(29-25)21-14-17-26(18-15-21)16-8-11-20-9-4-3-5-10-20/h3-7,9-10,12-13,19,21H,8,11,14-18H2,1-2H3. The fraction of sp³-hybridized carbons (Fsp3) is 0.440. The summed E-state index contributed by atoms with van der Waals surface area (Å²) in [4.78, 5) is 2.58. The zero-order valence-corrected chi connectivity index (χ0v) is 17.5. The number of piperidine rings is 1. The van der Waals surface area contributed by atoms with Gasteiger partial charge in [0.05, 0.1) is 5.56 Å². The van der Waals surface area contributed by atoms with Gasteiger partial charge in [-0.25, -0.2) is 0 Å². The maximum absolute atomic E-state index is 6.31. The first kappa shape index (κ1) is 20.1. The summed E-state index contributed by atoms with van der Waals surface area (Å²) >= 11 is 0. The van der Waals surface area contributed by atoms with E-state index in [1.807, 2.05) is 18.2 Å². The molecule has 2 aliphatic rings. The fourth-order valence-corrected chi connectivity index (χ4v) is 4.47. The Kier molecular flexibility index (Phi) is 6.34. The van der Waals surface area contributed by atoms with Crippen LogP contribution in [0.5, 0.6) is 0 Å². The molecule has 1 fully saturated rings. The largest absolute Gasteiger partial charge is 0.440 e. The van der Waals surface area contributed by atoms with Gasteiger partial charge in [0.15, 0.2) is 0 Å². The normalized spacial score (nSPS) is 19.3. The lowest BCUT2D eigenvalue weighted by molar-refractivity contribution is -0.363. The maximum Gasteiger partial charge on any atom is 0.356 e. The molecule has 2 aromatic carbocycles. The second kappa shape index (κ2) is 9.12. The Balaban J connectivity index is 1.35. The molecule has 0 aromatic heterocycles. The van der Waals surface area contributed by atoms with Gasteiger partial charge in [-0.05, 0) is 68.6 Å². The Morgan fingerprint density at radius 2 is 1.66 bits per heavy atom. The van der Waals surface area contributed by atoms with Crippen LogP contribution in [0.2, 0.25) is 0 Å². The van der Waals surface area contributed by atoms with E-state index < -0.39 is 5.97 Å². The van der Waals surface area contributed by atoms with Crippen LogP contribution in [0.15, 0.2) is 60.4 Å². The molecule has 29 heavy (non-hydrogen) atoms. The molecular formula is C25H31NO3. The van der Waals surface area contributed by atoms with E-state index in [1.54, 1.807) is 14.2 Å². The van der Waals surface area contributed by atoms with Gasteiger partial charge in [-0.1, -0.05) is 48.5 Å². The first-order chi connectivity index (χ1) is 14.2. The molecule has 1 saturated heterocycles. The van der Waals surface area contributed by atoms with Crippen LogP contribution in [0.25, 0.3) is 6.08 Å². The molecule has 0 amide bonds. The molecule has 2 aliphatic heterocycles. The van der Waals surface area contributed by atoms with Gasteiger partial charge in [-0.15, -0.1) is 0 Å². The number of fused-ring (bicyclic) bond motifs is 1. The number of rotatable bonds is 7. The molecule has 4 nitrogen and oxygen atoms in total. The summed E-state index contributed by atoms with van der Waals surface area (Å²) in [6.07, 6.45) is 6.72. The van der Waals surface area contributed by atoms with Crippen LogP contribution in [0.4, 0.5) is 0 Å². The Morgan fingerprint density at radius 1 is 0.966 bits per heavy atom. The molecular weight excluding hydrogens is 362 g/mol. The summed E-state index contributed by atoms with van der Waals surface area (Å²) in [5, 5.41) is 0. The summed E-state index contributed by atoms with van der Waals surface area (Å²) in [6, 6.07) is 18.9. The van der Waals surface area contributed by atoms with E-state index in [9.17, 15) is 0 Å². The topological polar surface area (TPSA) is 30.9 Å². The number of ether oxygens (including phenoxy) is 3. The average Bonchev–Trinajstić information content (AvgIpc) is 2.79. The number of methoxy groups -OCH3 is 2. The summed E-state index contributed by atoms with van der Waals surface area (Å²) in [6.45, 7) is 3.37. The van der Waals surface area contributed by atoms with Crippen molar-refractivity contribution in [3.05, 3.63) is 77.0 Å². The van der Waals surface area contributed by atoms with Crippen molar-refractivity contribution in [1.82, 2.24) is 4.90 Å². The van der Waals surface area contributed by atoms with Crippen molar-refractivity contribution in [3.8, 4) is 0 Å². The summed E-state index contributed by atoms with van der Waals surface area (Å²) in [5.74, 6) is 0.239. The van der Waals surface area contributed by atoms with Crippen molar-refractivity contribution < 1.29 is 14.2 Å². The smallest absolute Gasteiger partial charge is 0.356 e. The molecule has 0 aliphatic carbocycles. The first-order valence-corrected chi connectivity index (χ1v) is 10.6. The number of likely N-dealkylation sites (tertiary alicyclic amines) is 1. The molecule has 4 heteroatoms. The second-order valence-corrected chi connectivity index (χ2v) is 7.91. The Hall–Kier alpha value is -2.14. The zero-order valence-electron chi connectivity index (χ0n) is 17.5. The minimum atomic E-state index is -1.15.